The fourth-order valence-electron chi connectivity index (χ4n) is 3.77. The summed E-state index contributed by atoms with van der Waals surface area (Å²) in [5.41, 5.74) is -0.406. The third-order valence-electron chi connectivity index (χ3n) is 5.51. The van der Waals surface area contributed by atoms with E-state index < -0.39 is 23.8 Å². The zero-order valence-corrected chi connectivity index (χ0v) is 18.3. The van der Waals surface area contributed by atoms with E-state index in [4.69, 9.17) is 9.47 Å². The van der Waals surface area contributed by atoms with Crippen LogP contribution >= 0.6 is 0 Å². The molecule has 2 N–H and O–H groups in total. The molecule has 0 bridgehead atoms. The summed E-state index contributed by atoms with van der Waals surface area (Å²) in [6.07, 6.45) is 11.8. The van der Waals surface area contributed by atoms with Gasteiger partial charge in [-0.15, -0.1) is 0 Å². The molecule has 2 rings (SSSR count). The zero-order chi connectivity index (χ0) is 22.8. The van der Waals surface area contributed by atoms with Gasteiger partial charge in [-0.1, -0.05) is 51.5 Å². The number of hydrogen-bond donors (Lipinski definition) is 2. The van der Waals surface area contributed by atoms with Crippen molar-refractivity contribution in [3.05, 3.63) is 34.4 Å². The van der Waals surface area contributed by atoms with E-state index in [2.05, 4.69) is 6.92 Å². The Balaban J connectivity index is 1.94. The average molecular weight is 433 g/mol. The maximum atomic E-state index is 12.2. The molecule has 7 heteroatoms. The number of aldehydes is 1. The number of ether oxygens (including phenoxy) is 2. The molecular weight excluding hydrogens is 400 g/mol. The Kier molecular flexibility index (Phi) is 9.72. The Morgan fingerprint density at radius 3 is 2.42 bits per heavy atom. The Morgan fingerprint density at radius 2 is 1.77 bits per heavy atom. The number of hydrogen-bond acceptors (Lipinski definition) is 7. The molecule has 0 aromatic heterocycles. The van der Waals surface area contributed by atoms with Gasteiger partial charge in [-0.3, -0.25) is 9.59 Å². The summed E-state index contributed by atoms with van der Waals surface area (Å²) < 4.78 is 9.99. The molecule has 0 fully saturated rings. The van der Waals surface area contributed by atoms with E-state index in [1.54, 1.807) is 0 Å². The summed E-state index contributed by atoms with van der Waals surface area (Å²) in [6, 6.07) is 0. The number of unbranched alkanes of at least 4 members (excludes halogenated alkanes) is 7. The molecule has 1 atom stereocenters. The van der Waals surface area contributed by atoms with Gasteiger partial charge in [0.25, 0.3) is 0 Å². The van der Waals surface area contributed by atoms with Crippen LogP contribution in [0, 0.1) is 0 Å². The number of carbonyl (C=O) groups is 3. The predicted octanol–water partition coefficient (Wildman–Crippen LogP) is 4.92. The predicted molar refractivity (Wildman–Crippen MR) is 115 cm³/mol. The molecule has 0 saturated heterocycles. The van der Waals surface area contributed by atoms with Crippen LogP contribution < -0.4 is 0 Å². The summed E-state index contributed by atoms with van der Waals surface area (Å²) in [4.78, 5) is 35.8. The van der Waals surface area contributed by atoms with E-state index in [1.807, 2.05) is 6.08 Å². The third-order valence-corrected chi connectivity index (χ3v) is 5.51. The normalized spacial score (nSPS) is 15.3. The number of phenolic OH excluding ortho intramolecular Hbond substituents is 2. The van der Waals surface area contributed by atoms with Crippen LogP contribution in [0.25, 0.3) is 0 Å². The van der Waals surface area contributed by atoms with E-state index in [1.165, 1.54) is 45.3 Å². The standard InChI is InChI=1S/C24H32O7/c1-3-4-5-6-7-8-9-10-11-12-16(26)13-14-17-21(27)18(15-25)19-20(22(17)28)23(29)31-24(19)30-2/h11-12,15,24,27-28H,3-10,13-14H2,1-2H3/b12-11+. The van der Waals surface area contributed by atoms with Gasteiger partial charge in [0, 0.05) is 19.1 Å². The van der Waals surface area contributed by atoms with Crippen LogP contribution in [0.4, 0.5) is 0 Å². The lowest BCUT2D eigenvalue weighted by Crippen LogP contribution is -2.05. The largest absolute Gasteiger partial charge is 0.507 e. The molecule has 0 saturated carbocycles. The van der Waals surface area contributed by atoms with Gasteiger partial charge in [0.15, 0.2) is 12.1 Å². The lowest BCUT2D eigenvalue weighted by molar-refractivity contribution is -0.114. The van der Waals surface area contributed by atoms with Crippen molar-refractivity contribution in [1.82, 2.24) is 0 Å². The fraction of sp³-hybridized carbons (Fsp3) is 0.542. The highest BCUT2D eigenvalue weighted by Crippen LogP contribution is 2.45. The van der Waals surface area contributed by atoms with Crippen molar-refractivity contribution in [2.75, 3.05) is 7.11 Å². The second-order valence-corrected chi connectivity index (χ2v) is 7.75. The second kappa shape index (κ2) is 12.2. The second-order valence-electron chi connectivity index (χ2n) is 7.75. The molecule has 1 aromatic rings. The number of carbonyl (C=O) groups excluding carboxylic acids is 3. The molecule has 1 aromatic carbocycles. The Hall–Kier alpha value is -2.67. The summed E-state index contributed by atoms with van der Waals surface area (Å²) in [6.45, 7) is 2.20. The van der Waals surface area contributed by atoms with Gasteiger partial charge in [0.05, 0.1) is 11.1 Å². The third kappa shape index (κ3) is 6.17. The highest BCUT2D eigenvalue weighted by Gasteiger charge is 2.39. The summed E-state index contributed by atoms with van der Waals surface area (Å²) in [7, 11) is 1.28. The van der Waals surface area contributed by atoms with Gasteiger partial charge >= 0.3 is 5.97 Å². The zero-order valence-electron chi connectivity index (χ0n) is 18.3. The van der Waals surface area contributed by atoms with Gasteiger partial charge in [0.2, 0.25) is 6.29 Å². The van der Waals surface area contributed by atoms with E-state index in [0.29, 0.717) is 6.29 Å². The van der Waals surface area contributed by atoms with Crippen LogP contribution in [0.2, 0.25) is 0 Å². The fourth-order valence-corrected chi connectivity index (χ4v) is 3.77. The smallest absolute Gasteiger partial charge is 0.345 e. The van der Waals surface area contributed by atoms with Crippen LogP contribution in [0.15, 0.2) is 12.2 Å². The van der Waals surface area contributed by atoms with Crippen molar-refractivity contribution in [3.8, 4) is 11.5 Å². The van der Waals surface area contributed by atoms with Crippen LogP contribution in [0.1, 0.15) is 103 Å². The maximum Gasteiger partial charge on any atom is 0.345 e. The van der Waals surface area contributed by atoms with Gasteiger partial charge in [-0.05, 0) is 25.3 Å². The number of aromatic hydroxyl groups is 2. The van der Waals surface area contributed by atoms with E-state index >= 15 is 0 Å². The molecule has 170 valence electrons. The number of ketones is 1. The minimum Gasteiger partial charge on any atom is -0.507 e. The topological polar surface area (TPSA) is 110 Å². The highest BCUT2D eigenvalue weighted by molar-refractivity contribution is 6.02. The number of fused-ring (bicyclic) bond motifs is 1. The summed E-state index contributed by atoms with van der Waals surface area (Å²) in [5, 5.41) is 20.9. The molecule has 1 aliphatic rings. The van der Waals surface area contributed by atoms with E-state index in [9.17, 15) is 24.6 Å². The molecule has 1 unspecified atom stereocenters. The molecule has 1 heterocycles. The minimum atomic E-state index is -1.18. The SMILES string of the molecule is CCCCCCCCC/C=C/C(=O)CCc1c(O)c(C=O)c2c(c1O)C(=O)OC2OC. The van der Waals surface area contributed by atoms with E-state index in [-0.39, 0.29) is 40.9 Å². The van der Waals surface area contributed by atoms with Gasteiger partial charge in [-0.2, -0.15) is 0 Å². The molecule has 1 aliphatic heterocycles. The van der Waals surface area contributed by atoms with E-state index in [0.717, 1.165) is 19.3 Å². The molecule has 31 heavy (non-hydrogen) atoms. The molecular formula is C24H32O7. The molecule has 0 radical (unpaired) electrons. The lowest BCUT2D eigenvalue weighted by Gasteiger charge is -2.14. The van der Waals surface area contributed by atoms with Crippen LogP contribution in [-0.2, 0) is 20.7 Å². The Bertz CT molecular complexity index is 826. The first-order valence-corrected chi connectivity index (χ1v) is 10.9. The summed E-state index contributed by atoms with van der Waals surface area (Å²) >= 11 is 0. The minimum absolute atomic E-state index is 0.00201. The average Bonchev–Trinajstić information content (AvgIpc) is 3.09. The first kappa shape index (κ1) is 24.6. The van der Waals surface area contributed by atoms with Crippen molar-refractivity contribution in [3.63, 3.8) is 0 Å². The number of rotatable bonds is 14. The maximum absolute atomic E-state index is 12.2. The van der Waals surface area contributed by atoms with Crippen molar-refractivity contribution < 1.29 is 34.1 Å². The molecule has 0 spiro atoms. The van der Waals surface area contributed by atoms with Crippen LogP contribution in [-0.4, -0.2) is 35.4 Å². The van der Waals surface area contributed by atoms with Crippen LogP contribution in [0.5, 0.6) is 11.5 Å². The first-order chi connectivity index (χ1) is 15.0. The highest BCUT2D eigenvalue weighted by atomic mass is 16.7. The van der Waals surface area contributed by atoms with Crippen molar-refractivity contribution in [2.45, 2.75) is 77.4 Å². The lowest BCUT2D eigenvalue weighted by atomic mass is 9.93. The number of allylic oxidation sites excluding steroid dienone is 2. The number of benzene rings is 1. The molecule has 0 aliphatic carbocycles. The number of methoxy groups -OCH3 is 1. The van der Waals surface area contributed by atoms with Crippen molar-refractivity contribution in [1.29, 1.82) is 0 Å². The number of cyclic esters (lactones) is 1. The van der Waals surface area contributed by atoms with Crippen molar-refractivity contribution in [2.24, 2.45) is 0 Å². The van der Waals surface area contributed by atoms with Gasteiger partial charge in [0.1, 0.15) is 17.1 Å². The first-order valence-electron chi connectivity index (χ1n) is 10.9. The number of esters is 1. The Labute approximate surface area is 183 Å². The quantitative estimate of drug-likeness (QED) is 0.186. The molecule has 7 nitrogen and oxygen atoms in total. The Morgan fingerprint density at radius 1 is 1.10 bits per heavy atom. The number of phenols is 2. The van der Waals surface area contributed by atoms with Gasteiger partial charge < -0.3 is 19.7 Å². The van der Waals surface area contributed by atoms with Gasteiger partial charge in [-0.25, -0.2) is 4.79 Å². The monoisotopic (exact) mass is 432 g/mol. The van der Waals surface area contributed by atoms with Crippen LogP contribution in [0.3, 0.4) is 0 Å². The van der Waals surface area contributed by atoms with Crippen molar-refractivity contribution >= 4 is 18.0 Å². The summed E-state index contributed by atoms with van der Waals surface area (Å²) in [5.74, 6) is -1.95. The molecule has 0 amide bonds.